The molecule has 5 rings (SSSR count). The van der Waals surface area contributed by atoms with Crippen LogP contribution >= 0.6 is 23.2 Å². The van der Waals surface area contributed by atoms with Crippen LogP contribution in [0.25, 0.3) is 0 Å². The summed E-state index contributed by atoms with van der Waals surface area (Å²) < 4.78 is 35.9. The van der Waals surface area contributed by atoms with Crippen molar-refractivity contribution < 1.29 is 22.7 Å². The van der Waals surface area contributed by atoms with Gasteiger partial charge in [-0.25, -0.2) is 8.42 Å². The monoisotopic (exact) mass is 757 g/mol. The van der Waals surface area contributed by atoms with Gasteiger partial charge in [0.05, 0.1) is 10.6 Å². The summed E-state index contributed by atoms with van der Waals surface area (Å²) in [6, 6.07) is 35.3. The van der Waals surface area contributed by atoms with Crippen LogP contribution in [0.3, 0.4) is 0 Å². The Bertz CT molecular complexity index is 2070. The number of sulfonamides is 1. The summed E-state index contributed by atoms with van der Waals surface area (Å²) in [4.78, 5) is 30.3. The van der Waals surface area contributed by atoms with Crippen LogP contribution in [-0.4, -0.2) is 43.3 Å². The van der Waals surface area contributed by atoms with Crippen molar-refractivity contribution in [2.75, 3.05) is 10.8 Å². The third kappa shape index (κ3) is 9.94. The van der Waals surface area contributed by atoms with Gasteiger partial charge in [0.15, 0.2) is 0 Å². The highest BCUT2D eigenvalue weighted by Gasteiger charge is 2.36. The molecule has 8 nitrogen and oxygen atoms in total. The number of anilines is 1. The van der Waals surface area contributed by atoms with Crippen LogP contribution < -0.4 is 14.4 Å². The van der Waals surface area contributed by atoms with E-state index in [0.717, 1.165) is 15.4 Å². The number of carbonyl (C=O) groups excluding carboxylic acids is 2. The topological polar surface area (TPSA) is 96.0 Å². The molecule has 2 amide bonds. The molecule has 5 aromatic rings. The molecule has 5 aromatic carbocycles. The predicted octanol–water partition coefficient (Wildman–Crippen LogP) is 8.84. The molecule has 1 unspecified atom stereocenters. The molecule has 0 radical (unpaired) electrons. The molecule has 0 saturated carbocycles. The van der Waals surface area contributed by atoms with Crippen LogP contribution in [0.1, 0.15) is 37.5 Å². The summed E-state index contributed by atoms with van der Waals surface area (Å²) in [5, 5.41) is 3.63. The van der Waals surface area contributed by atoms with Gasteiger partial charge in [-0.3, -0.25) is 13.9 Å². The molecule has 11 heteroatoms. The molecule has 1 atom stereocenters. The van der Waals surface area contributed by atoms with Gasteiger partial charge in [-0.1, -0.05) is 95.5 Å². The Labute approximate surface area is 316 Å². The van der Waals surface area contributed by atoms with Crippen molar-refractivity contribution in [3.05, 3.63) is 154 Å². The average molecular weight is 759 g/mol. The minimum Gasteiger partial charge on any atom is -0.457 e. The average Bonchev–Trinajstić information content (AvgIpc) is 3.10. The van der Waals surface area contributed by atoms with Crippen LogP contribution in [0.2, 0.25) is 10.0 Å². The molecule has 0 aliphatic rings. The fraction of sp³-hybridized carbons (Fsp3) is 0.220. The van der Waals surface area contributed by atoms with Gasteiger partial charge in [-0.2, -0.15) is 0 Å². The zero-order valence-electron chi connectivity index (χ0n) is 29.4. The first kappa shape index (κ1) is 38.4. The summed E-state index contributed by atoms with van der Waals surface area (Å²) in [6.45, 7) is 6.62. The van der Waals surface area contributed by atoms with E-state index in [2.05, 4.69) is 5.32 Å². The molecule has 0 heterocycles. The first-order chi connectivity index (χ1) is 24.7. The molecule has 270 valence electrons. The minimum absolute atomic E-state index is 0.00233. The maximum absolute atomic E-state index is 14.8. The minimum atomic E-state index is -4.30. The van der Waals surface area contributed by atoms with Crippen LogP contribution in [0.15, 0.2) is 132 Å². The number of rotatable bonds is 13. The maximum atomic E-state index is 14.8. The summed E-state index contributed by atoms with van der Waals surface area (Å²) in [5.74, 6) is 0.0386. The van der Waals surface area contributed by atoms with Gasteiger partial charge >= 0.3 is 0 Å². The van der Waals surface area contributed by atoms with Gasteiger partial charge < -0.3 is 15.0 Å². The van der Waals surface area contributed by atoms with Gasteiger partial charge in [-0.05, 0) is 93.9 Å². The van der Waals surface area contributed by atoms with E-state index < -0.39 is 40.0 Å². The lowest BCUT2D eigenvalue weighted by atomic mass is 10.0. The fourth-order valence-corrected chi connectivity index (χ4v) is 7.46. The molecule has 1 N–H and O–H groups in total. The summed E-state index contributed by atoms with van der Waals surface area (Å²) in [6.07, 6.45) is 0.146. The third-order valence-corrected chi connectivity index (χ3v) is 10.6. The van der Waals surface area contributed by atoms with Crippen molar-refractivity contribution in [2.24, 2.45) is 0 Å². The Hall–Kier alpha value is -4.83. The van der Waals surface area contributed by atoms with Crippen molar-refractivity contribution in [3.63, 3.8) is 0 Å². The van der Waals surface area contributed by atoms with E-state index in [1.54, 1.807) is 54.6 Å². The second kappa shape index (κ2) is 16.7. The third-order valence-electron chi connectivity index (χ3n) is 8.15. The van der Waals surface area contributed by atoms with E-state index in [9.17, 15) is 18.0 Å². The van der Waals surface area contributed by atoms with Gasteiger partial charge in [0.2, 0.25) is 11.8 Å². The molecule has 0 aliphatic heterocycles. The lowest BCUT2D eigenvalue weighted by Crippen LogP contribution is -2.56. The first-order valence-electron chi connectivity index (χ1n) is 16.7. The number of amides is 2. The number of ether oxygens (including phenoxy) is 1. The number of para-hydroxylation sites is 1. The van der Waals surface area contributed by atoms with Crippen molar-refractivity contribution >= 4 is 50.7 Å². The molecule has 0 fully saturated rings. The van der Waals surface area contributed by atoms with Crippen LogP contribution in [0.5, 0.6) is 11.5 Å². The number of hydrogen-bond donors (Lipinski definition) is 1. The Morgan fingerprint density at radius 2 is 1.31 bits per heavy atom. The maximum Gasteiger partial charge on any atom is 0.264 e. The zero-order valence-corrected chi connectivity index (χ0v) is 31.8. The van der Waals surface area contributed by atoms with Gasteiger partial charge in [0, 0.05) is 34.1 Å². The van der Waals surface area contributed by atoms with E-state index in [-0.39, 0.29) is 23.5 Å². The lowest BCUT2D eigenvalue weighted by Gasteiger charge is -2.35. The zero-order chi connectivity index (χ0) is 37.5. The Morgan fingerprint density at radius 3 is 1.88 bits per heavy atom. The highest BCUT2D eigenvalue weighted by Crippen LogP contribution is 2.31. The van der Waals surface area contributed by atoms with E-state index in [4.69, 9.17) is 27.9 Å². The molecule has 0 saturated heterocycles. The first-order valence-corrected chi connectivity index (χ1v) is 18.9. The second-order valence-corrected chi connectivity index (χ2v) is 16.1. The SMILES string of the molecule is Cc1ccc(S(=O)(=O)N(CC(=O)N(Cc2c(Cl)cccc2Cl)C(Cc2ccccc2)C(=O)NC(C)(C)C)c2ccc(Oc3ccccc3)cc2)cc1. The predicted molar refractivity (Wildman–Crippen MR) is 208 cm³/mol. The summed E-state index contributed by atoms with van der Waals surface area (Å²) >= 11 is 13.3. The smallest absolute Gasteiger partial charge is 0.264 e. The van der Waals surface area contributed by atoms with Crippen molar-refractivity contribution in [2.45, 2.75) is 57.1 Å². The number of carbonyl (C=O) groups is 2. The van der Waals surface area contributed by atoms with Crippen LogP contribution in [0.4, 0.5) is 5.69 Å². The van der Waals surface area contributed by atoms with Gasteiger partial charge in [0.25, 0.3) is 10.0 Å². The number of halogens is 2. The molecule has 0 bridgehead atoms. The van der Waals surface area contributed by atoms with Crippen LogP contribution in [0, 0.1) is 6.92 Å². The largest absolute Gasteiger partial charge is 0.457 e. The Balaban J connectivity index is 1.59. The van der Waals surface area contributed by atoms with E-state index in [1.165, 1.54) is 17.0 Å². The summed E-state index contributed by atoms with van der Waals surface area (Å²) in [7, 11) is -4.30. The second-order valence-electron chi connectivity index (χ2n) is 13.4. The summed E-state index contributed by atoms with van der Waals surface area (Å²) in [5.41, 5.74) is 1.70. The number of aryl methyl sites for hydroxylation is 1. The Morgan fingerprint density at radius 1 is 0.750 bits per heavy atom. The lowest BCUT2D eigenvalue weighted by molar-refractivity contribution is -0.140. The van der Waals surface area contributed by atoms with E-state index in [0.29, 0.717) is 27.1 Å². The standard InChI is InChI=1S/C41H41Cl2N3O5S/c1-29-18-24-34(25-19-29)52(49,50)46(31-20-22-33(23-21-31)51-32-14-9-6-10-15-32)28-39(47)45(27-35-36(42)16-11-17-37(35)43)38(40(48)44-41(2,3)4)26-30-12-7-5-8-13-30/h5-25,38H,26-28H2,1-4H3,(H,44,48). The number of benzene rings is 5. The normalized spacial score (nSPS) is 12.1. The number of hydrogen-bond acceptors (Lipinski definition) is 5. The molecule has 0 aromatic heterocycles. The Kier molecular flexibility index (Phi) is 12.3. The van der Waals surface area contributed by atoms with Crippen molar-refractivity contribution in [1.29, 1.82) is 0 Å². The van der Waals surface area contributed by atoms with Crippen molar-refractivity contribution in [1.82, 2.24) is 10.2 Å². The molecule has 0 spiro atoms. The van der Waals surface area contributed by atoms with E-state index >= 15 is 0 Å². The highest BCUT2D eigenvalue weighted by molar-refractivity contribution is 7.92. The van der Waals surface area contributed by atoms with Gasteiger partial charge in [0.1, 0.15) is 24.1 Å². The van der Waals surface area contributed by atoms with Crippen molar-refractivity contribution in [3.8, 4) is 11.5 Å². The highest BCUT2D eigenvalue weighted by atomic mass is 35.5. The van der Waals surface area contributed by atoms with Crippen LogP contribution in [-0.2, 0) is 32.6 Å². The van der Waals surface area contributed by atoms with Gasteiger partial charge in [-0.15, -0.1) is 0 Å². The van der Waals surface area contributed by atoms with E-state index in [1.807, 2.05) is 88.4 Å². The quantitative estimate of drug-likeness (QED) is 0.130. The number of nitrogens with one attached hydrogen (secondary N) is 1. The molecular formula is C41H41Cl2N3O5S. The molecule has 0 aliphatic carbocycles. The molecular weight excluding hydrogens is 717 g/mol. The molecule has 52 heavy (non-hydrogen) atoms. The fourth-order valence-electron chi connectivity index (χ4n) is 5.53. The number of nitrogens with zero attached hydrogens (tertiary/aromatic N) is 2.